The first-order valence-electron chi connectivity index (χ1n) is 7.76. The second-order valence-electron chi connectivity index (χ2n) is 5.73. The van der Waals surface area contributed by atoms with Crippen molar-refractivity contribution in [1.29, 1.82) is 0 Å². The van der Waals surface area contributed by atoms with E-state index in [1.54, 1.807) is 23.1 Å². The third-order valence-corrected chi connectivity index (χ3v) is 4.65. The molecule has 0 bridgehead atoms. The molecule has 0 aliphatic carbocycles. The Morgan fingerprint density at radius 3 is 2.57 bits per heavy atom. The Kier molecular flexibility index (Phi) is 4.66. The molecule has 23 heavy (non-hydrogen) atoms. The molecule has 2 aliphatic rings. The summed E-state index contributed by atoms with van der Waals surface area (Å²) in [5.74, 6) is -0.527. The van der Waals surface area contributed by atoms with Gasteiger partial charge in [-0.3, -0.25) is 14.5 Å². The third-order valence-electron chi connectivity index (χ3n) is 4.16. The number of fused-ring (bicyclic) bond motifs is 1. The fraction of sp³-hybridized carbons (Fsp3) is 0.438. The molecule has 4 amide bonds. The Bertz CT molecular complexity index is 656. The van der Waals surface area contributed by atoms with E-state index in [9.17, 15) is 14.4 Å². The molecule has 1 fully saturated rings. The van der Waals surface area contributed by atoms with E-state index in [4.69, 9.17) is 0 Å². The number of imide groups is 1. The normalized spacial score (nSPS) is 16.9. The second-order valence-corrected chi connectivity index (χ2v) is 6.65. The highest BCUT2D eigenvalue weighted by atomic mass is 79.9. The molecular formula is C16H18BrN3O3. The van der Waals surface area contributed by atoms with Crippen molar-refractivity contribution in [3.8, 4) is 0 Å². The summed E-state index contributed by atoms with van der Waals surface area (Å²) in [5.41, 5.74) is 0.879. The quantitative estimate of drug-likeness (QED) is 0.644. The lowest BCUT2D eigenvalue weighted by Gasteiger charge is -2.17. The van der Waals surface area contributed by atoms with Crippen molar-refractivity contribution >= 4 is 33.8 Å². The van der Waals surface area contributed by atoms with Crippen LogP contribution in [0, 0.1) is 0 Å². The fourth-order valence-corrected chi connectivity index (χ4v) is 3.29. The van der Waals surface area contributed by atoms with Gasteiger partial charge in [0, 0.05) is 30.7 Å². The number of nitrogens with one attached hydrogen (secondary N) is 1. The van der Waals surface area contributed by atoms with Crippen LogP contribution in [0.1, 0.15) is 40.0 Å². The van der Waals surface area contributed by atoms with Gasteiger partial charge in [0.1, 0.15) is 0 Å². The van der Waals surface area contributed by atoms with Gasteiger partial charge in [-0.1, -0.05) is 15.9 Å². The van der Waals surface area contributed by atoms with Gasteiger partial charge in [-0.2, -0.15) is 0 Å². The van der Waals surface area contributed by atoms with Crippen molar-refractivity contribution in [2.75, 3.05) is 26.2 Å². The van der Waals surface area contributed by atoms with Gasteiger partial charge in [-0.05, 0) is 37.5 Å². The second kappa shape index (κ2) is 6.70. The van der Waals surface area contributed by atoms with E-state index in [0.29, 0.717) is 30.6 Å². The van der Waals surface area contributed by atoms with Crippen LogP contribution in [0.4, 0.5) is 4.79 Å². The van der Waals surface area contributed by atoms with Crippen LogP contribution in [-0.4, -0.2) is 53.8 Å². The van der Waals surface area contributed by atoms with E-state index < -0.39 is 0 Å². The molecule has 1 N–H and O–H groups in total. The minimum atomic E-state index is -0.267. The van der Waals surface area contributed by atoms with E-state index >= 15 is 0 Å². The van der Waals surface area contributed by atoms with Gasteiger partial charge in [0.25, 0.3) is 11.8 Å². The summed E-state index contributed by atoms with van der Waals surface area (Å²) in [6, 6.07) is 5.03. The molecule has 122 valence electrons. The Labute approximate surface area is 142 Å². The smallest absolute Gasteiger partial charge is 0.317 e. The summed E-state index contributed by atoms with van der Waals surface area (Å²) < 4.78 is 0.775. The largest absolute Gasteiger partial charge is 0.338 e. The Morgan fingerprint density at radius 1 is 1.13 bits per heavy atom. The van der Waals surface area contributed by atoms with Crippen LogP contribution in [0.25, 0.3) is 0 Å². The summed E-state index contributed by atoms with van der Waals surface area (Å²) in [7, 11) is 0. The lowest BCUT2D eigenvalue weighted by molar-refractivity contribution is 0.0653. The zero-order valence-electron chi connectivity index (χ0n) is 12.7. The molecule has 2 aliphatic heterocycles. The minimum Gasteiger partial charge on any atom is -0.338 e. The maximum atomic E-state index is 12.3. The van der Waals surface area contributed by atoms with Crippen LogP contribution in [0.2, 0.25) is 0 Å². The number of urea groups is 1. The molecule has 7 heteroatoms. The fourth-order valence-electron chi connectivity index (χ4n) is 2.93. The number of benzene rings is 1. The zero-order chi connectivity index (χ0) is 16.4. The summed E-state index contributed by atoms with van der Waals surface area (Å²) in [6.07, 6.45) is 2.66. The van der Waals surface area contributed by atoms with Gasteiger partial charge < -0.3 is 10.2 Å². The first kappa shape index (κ1) is 16.0. The lowest BCUT2D eigenvalue weighted by Crippen LogP contribution is -2.39. The summed E-state index contributed by atoms with van der Waals surface area (Å²) in [4.78, 5) is 39.4. The number of likely N-dealkylation sites (tertiary alicyclic amines) is 1. The van der Waals surface area contributed by atoms with Crippen LogP contribution in [-0.2, 0) is 0 Å². The monoisotopic (exact) mass is 379 g/mol. The Balaban J connectivity index is 1.50. The maximum Gasteiger partial charge on any atom is 0.317 e. The molecule has 0 aromatic heterocycles. The van der Waals surface area contributed by atoms with Gasteiger partial charge in [0.2, 0.25) is 0 Å². The van der Waals surface area contributed by atoms with Crippen molar-refractivity contribution in [3.05, 3.63) is 33.8 Å². The molecule has 0 unspecified atom stereocenters. The van der Waals surface area contributed by atoms with Crippen molar-refractivity contribution < 1.29 is 14.4 Å². The zero-order valence-corrected chi connectivity index (χ0v) is 14.3. The highest BCUT2D eigenvalue weighted by Crippen LogP contribution is 2.25. The number of rotatable bonds is 4. The van der Waals surface area contributed by atoms with Gasteiger partial charge in [0.05, 0.1) is 11.1 Å². The summed E-state index contributed by atoms with van der Waals surface area (Å²) in [6.45, 7) is 2.37. The number of carbonyl (C=O) groups is 3. The standard InChI is InChI=1S/C16H18BrN3O3/c17-11-4-5-12-13(10-11)15(22)20(14(12)21)9-3-6-18-16(23)19-7-1-2-8-19/h4-5,10H,1-3,6-9H2,(H,18,23). The Morgan fingerprint density at radius 2 is 1.83 bits per heavy atom. The first-order valence-corrected chi connectivity index (χ1v) is 8.56. The molecular weight excluding hydrogens is 362 g/mol. The predicted molar refractivity (Wildman–Crippen MR) is 88.3 cm³/mol. The van der Waals surface area contributed by atoms with Gasteiger partial charge in [-0.25, -0.2) is 4.79 Å². The van der Waals surface area contributed by atoms with Crippen LogP contribution in [0.15, 0.2) is 22.7 Å². The minimum absolute atomic E-state index is 0.0613. The van der Waals surface area contributed by atoms with Gasteiger partial charge >= 0.3 is 6.03 Å². The predicted octanol–water partition coefficient (Wildman–Crippen LogP) is 2.24. The molecule has 2 heterocycles. The average molecular weight is 380 g/mol. The highest BCUT2D eigenvalue weighted by Gasteiger charge is 2.35. The number of amides is 4. The molecule has 1 aromatic rings. The van der Waals surface area contributed by atoms with Crippen LogP contribution < -0.4 is 5.32 Å². The molecule has 0 spiro atoms. The molecule has 0 saturated carbocycles. The highest BCUT2D eigenvalue weighted by molar-refractivity contribution is 9.10. The first-order chi connectivity index (χ1) is 11.1. The van der Waals surface area contributed by atoms with Crippen LogP contribution >= 0.6 is 15.9 Å². The van der Waals surface area contributed by atoms with E-state index in [1.165, 1.54) is 4.90 Å². The SMILES string of the molecule is O=C(NCCCN1C(=O)c2ccc(Br)cc2C1=O)N1CCCC1. The van der Waals surface area contributed by atoms with Gasteiger partial charge in [-0.15, -0.1) is 0 Å². The topological polar surface area (TPSA) is 69.7 Å². The number of hydrogen-bond acceptors (Lipinski definition) is 3. The van der Waals surface area contributed by atoms with Crippen molar-refractivity contribution in [1.82, 2.24) is 15.1 Å². The number of nitrogens with zero attached hydrogens (tertiary/aromatic N) is 2. The molecule has 1 aromatic carbocycles. The molecule has 0 radical (unpaired) electrons. The van der Waals surface area contributed by atoms with Crippen molar-refractivity contribution in [2.45, 2.75) is 19.3 Å². The number of carbonyl (C=O) groups excluding carboxylic acids is 3. The summed E-state index contributed by atoms with van der Waals surface area (Å²) in [5, 5.41) is 2.84. The Hall–Kier alpha value is -1.89. The van der Waals surface area contributed by atoms with Crippen molar-refractivity contribution in [2.24, 2.45) is 0 Å². The van der Waals surface area contributed by atoms with E-state index in [1.807, 2.05) is 0 Å². The van der Waals surface area contributed by atoms with Crippen LogP contribution in [0.5, 0.6) is 0 Å². The third kappa shape index (κ3) is 3.24. The molecule has 0 atom stereocenters. The summed E-state index contributed by atoms with van der Waals surface area (Å²) >= 11 is 3.31. The lowest BCUT2D eigenvalue weighted by atomic mass is 10.1. The van der Waals surface area contributed by atoms with Crippen LogP contribution in [0.3, 0.4) is 0 Å². The van der Waals surface area contributed by atoms with Crippen molar-refractivity contribution in [3.63, 3.8) is 0 Å². The van der Waals surface area contributed by atoms with E-state index in [2.05, 4.69) is 21.2 Å². The van der Waals surface area contributed by atoms with E-state index in [0.717, 1.165) is 30.4 Å². The van der Waals surface area contributed by atoms with E-state index in [-0.39, 0.29) is 17.8 Å². The number of hydrogen-bond donors (Lipinski definition) is 1. The molecule has 1 saturated heterocycles. The number of halogens is 1. The van der Waals surface area contributed by atoms with Gasteiger partial charge in [0.15, 0.2) is 0 Å². The maximum absolute atomic E-state index is 12.3. The molecule has 3 rings (SSSR count). The molecule has 6 nitrogen and oxygen atoms in total. The average Bonchev–Trinajstić information content (AvgIpc) is 3.14.